The zero-order valence-corrected chi connectivity index (χ0v) is 7.86. The molecule has 0 spiro atoms. The monoisotopic (exact) mass is 193 g/mol. The average molecular weight is 193 g/mol. The standard InChI is InChI=1S/C9H11N3O2/c1-5-2-3-7-11-4-6(8(10)13)9(14)12(5)7/h4-5H,2-3H2,1H3,(H2,10,13). The maximum absolute atomic E-state index is 11.7. The van der Waals surface area contributed by atoms with Crippen LogP contribution < -0.4 is 11.3 Å². The molecule has 0 saturated heterocycles. The number of aromatic nitrogens is 2. The molecule has 2 heterocycles. The first-order valence-electron chi connectivity index (χ1n) is 4.51. The molecular weight excluding hydrogens is 182 g/mol. The lowest BCUT2D eigenvalue weighted by Crippen LogP contribution is -2.31. The van der Waals surface area contributed by atoms with Crippen molar-refractivity contribution < 1.29 is 4.79 Å². The number of hydrogen-bond acceptors (Lipinski definition) is 3. The number of primary amides is 1. The summed E-state index contributed by atoms with van der Waals surface area (Å²) in [4.78, 5) is 26.7. The number of amides is 1. The number of fused-ring (bicyclic) bond motifs is 1. The molecule has 74 valence electrons. The van der Waals surface area contributed by atoms with E-state index in [1.807, 2.05) is 6.92 Å². The minimum Gasteiger partial charge on any atom is -0.365 e. The van der Waals surface area contributed by atoms with Gasteiger partial charge in [-0.15, -0.1) is 0 Å². The van der Waals surface area contributed by atoms with Gasteiger partial charge in [-0.05, 0) is 13.3 Å². The fourth-order valence-electron chi connectivity index (χ4n) is 1.78. The first kappa shape index (κ1) is 8.93. The van der Waals surface area contributed by atoms with Crippen LogP contribution in [0.1, 0.15) is 35.6 Å². The Morgan fingerprint density at radius 2 is 2.43 bits per heavy atom. The van der Waals surface area contributed by atoms with E-state index in [0.29, 0.717) is 0 Å². The van der Waals surface area contributed by atoms with Gasteiger partial charge in [0.25, 0.3) is 11.5 Å². The summed E-state index contributed by atoms with van der Waals surface area (Å²) in [6.07, 6.45) is 2.95. The minimum atomic E-state index is -0.711. The quantitative estimate of drug-likeness (QED) is 0.673. The molecule has 0 bridgehead atoms. The van der Waals surface area contributed by atoms with Crippen molar-refractivity contribution in [2.45, 2.75) is 25.8 Å². The van der Waals surface area contributed by atoms with E-state index in [4.69, 9.17) is 5.73 Å². The highest BCUT2D eigenvalue weighted by molar-refractivity contribution is 5.92. The van der Waals surface area contributed by atoms with Crippen LogP contribution in [0.4, 0.5) is 0 Å². The second kappa shape index (κ2) is 2.94. The van der Waals surface area contributed by atoms with Crippen LogP contribution in [-0.2, 0) is 6.42 Å². The van der Waals surface area contributed by atoms with E-state index in [1.165, 1.54) is 6.20 Å². The van der Waals surface area contributed by atoms with Crippen LogP contribution in [0.15, 0.2) is 11.0 Å². The Kier molecular flexibility index (Phi) is 1.87. The summed E-state index contributed by atoms with van der Waals surface area (Å²) in [7, 11) is 0. The average Bonchev–Trinajstić information content (AvgIpc) is 2.48. The molecule has 0 aliphatic carbocycles. The highest BCUT2D eigenvalue weighted by Gasteiger charge is 2.22. The van der Waals surface area contributed by atoms with E-state index in [1.54, 1.807) is 4.57 Å². The van der Waals surface area contributed by atoms with Gasteiger partial charge < -0.3 is 5.73 Å². The van der Waals surface area contributed by atoms with Gasteiger partial charge >= 0.3 is 0 Å². The Morgan fingerprint density at radius 1 is 1.71 bits per heavy atom. The zero-order valence-electron chi connectivity index (χ0n) is 7.86. The van der Waals surface area contributed by atoms with Gasteiger partial charge in [0.05, 0.1) is 0 Å². The van der Waals surface area contributed by atoms with Gasteiger partial charge in [-0.3, -0.25) is 14.2 Å². The molecular formula is C9H11N3O2. The van der Waals surface area contributed by atoms with E-state index < -0.39 is 5.91 Å². The maximum Gasteiger partial charge on any atom is 0.266 e. The summed E-state index contributed by atoms with van der Waals surface area (Å²) in [5.41, 5.74) is 4.72. The van der Waals surface area contributed by atoms with E-state index in [-0.39, 0.29) is 17.2 Å². The smallest absolute Gasteiger partial charge is 0.266 e. The van der Waals surface area contributed by atoms with Gasteiger partial charge in [-0.25, -0.2) is 4.98 Å². The van der Waals surface area contributed by atoms with Crippen molar-refractivity contribution in [3.8, 4) is 0 Å². The summed E-state index contributed by atoms with van der Waals surface area (Å²) >= 11 is 0. The molecule has 1 aliphatic heterocycles. The molecule has 1 unspecified atom stereocenters. The second-order valence-electron chi connectivity index (χ2n) is 3.52. The number of aryl methyl sites for hydroxylation is 1. The number of hydrogen-bond donors (Lipinski definition) is 1. The Morgan fingerprint density at radius 3 is 3.07 bits per heavy atom. The fourth-order valence-corrected chi connectivity index (χ4v) is 1.78. The van der Waals surface area contributed by atoms with Crippen LogP contribution in [0.3, 0.4) is 0 Å². The third-order valence-corrected chi connectivity index (χ3v) is 2.56. The Bertz CT molecular complexity index is 450. The van der Waals surface area contributed by atoms with Crippen LogP contribution in [0.5, 0.6) is 0 Å². The topological polar surface area (TPSA) is 78.0 Å². The van der Waals surface area contributed by atoms with Crippen LogP contribution in [0, 0.1) is 0 Å². The number of nitrogens with zero attached hydrogens (tertiary/aromatic N) is 2. The van der Waals surface area contributed by atoms with Gasteiger partial charge in [-0.2, -0.15) is 0 Å². The van der Waals surface area contributed by atoms with Crippen molar-refractivity contribution in [2.24, 2.45) is 5.73 Å². The molecule has 14 heavy (non-hydrogen) atoms. The molecule has 0 aromatic carbocycles. The lowest BCUT2D eigenvalue weighted by Gasteiger charge is -2.08. The van der Waals surface area contributed by atoms with E-state index in [2.05, 4.69) is 4.98 Å². The summed E-state index contributed by atoms with van der Waals surface area (Å²) in [5, 5.41) is 0. The zero-order chi connectivity index (χ0) is 10.3. The van der Waals surface area contributed by atoms with Crippen molar-refractivity contribution in [3.05, 3.63) is 27.9 Å². The first-order chi connectivity index (χ1) is 6.61. The van der Waals surface area contributed by atoms with Crippen LogP contribution in [0.2, 0.25) is 0 Å². The van der Waals surface area contributed by atoms with Crippen molar-refractivity contribution in [1.82, 2.24) is 9.55 Å². The summed E-state index contributed by atoms with van der Waals surface area (Å²) in [6, 6.07) is 0.115. The van der Waals surface area contributed by atoms with Crippen molar-refractivity contribution in [3.63, 3.8) is 0 Å². The molecule has 0 fully saturated rings. The summed E-state index contributed by atoms with van der Waals surface area (Å²) in [6.45, 7) is 1.93. The number of carbonyl (C=O) groups is 1. The predicted octanol–water partition coefficient (Wildman–Crippen LogP) is -0.151. The lowest BCUT2D eigenvalue weighted by molar-refractivity contribution is 0.0997. The molecule has 5 nitrogen and oxygen atoms in total. The largest absolute Gasteiger partial charge is 0.365 e. The highest BCUT2D eigenvalue weighted by Crippen LogP contribution is 2.20. The fraction of sp³-hybridized carbons (Fsp3) is 0.444. The van der Waals surface area contributed by atoms with Crippen LogP contribution in [-0.4, -0.2) is 15.5 Å². The van der Waals surface area contributed by atoms with Gasteiger partial charge in [0.15, 0.2) is 0 Å². The maximum atomic E-state index is 11.7. The first-order valence-corrected chi connectivity index (χ1v) is 4.51. The van der Waals surface area contributed by atoms with E-state index >= 15 is 0 Å². The molecule has 1 amide bonds. The van der Waals surface area contributed by atoms with Crippen molar-refractivity contribution in [1.29, 1.82) is 0 Å². The second-order valence-corrected chi connectivity index (χ2v) is 3.52. The third kappa shape index (κ3) is 1.13. The van der Waals surface area contributed by atoms with Crippen LogP contribution in [0.25, 0.3) is 0 Å². The van der Waals surface area contributed by atoms with E-state index in [9.17, 15) is 9.59 Å². The molecule has 1 atom stereocenters. The van der Waals surface area contributed by atoms with E-state index in [0.717, 1.165) is 18.7 Å². The number of rotatable bonds is 1. The Hall–Kier alpha value is -1.65. The number of nitrogens with two attached hydrogens (primary N) is 1. The Labute approximate surface area is 80.6 Å². The molecule has 0 saturated carbocycles. The van der Waals surface area contributed by atoms with Gasteiger partial charge in [-0.1, -0.05) is 0 Å². The third-order valence-electron chi connectivity index (χ3n) is 2.56. The molecule has 1 aliphatic rings. The highest BCUT2D eigenvalue weighted by atomic mass is 16.2. The number of carbonyl (C=O) groups excluding carboxylic acids is 1. The van der Waals surface area contributed by atoms with Crippen molar-refractivity contribution >= 4 is 5.91 Å². The SMILES string of the molecule is CC1CCc2ncc(C(N)=O)c(=O)n21. The Balaban J connectivity index is 2.68. The molecule has 1 aromatic heterocycles. The predicted molar refractivity (Wildman–Crippen MR) is 50.0 cm³/mol. The molecule has 0 radical (unpaired) electrons. The molecule has 2 rings (SSSR count). The summed E-state index contributed by atoms with van der Waals surface area (Å²) < 4.78 is 1.56. The van der Waals surface area contributed by atoms with Gasteiger partial charge in [0, 0.05) is 18.7 Å². The minimum absolute atomic E-state index is 0.0255. The normalized spacial score (nSPS) is 19.4. The molecule has 5 heteroatoms. The van der Waals surface area contributed by atoms with Crippen LogP contribution >= 0.6 is 0 Å². The van der Waals surface area contributed by atoms with Gasteiger partial charge in [0.1, 0.15) is 11.4 Å². The van der Waals surface area contributed by atoms with Gasteiger partial charge in [0.2, 0.25) is 0 Å². The molecule has 1 aromatic rings. The summed E-state index contributed by atoms with van der Waals surface area (Å²) in [5.74, 6) is 0.0319. The molecule has 2 N–H and O–H groups in total. The van der Waals surface area contributed by atoms with Crippen molar-refractivity contribution in [2.75, 3.05) is 0 Å². The lowest BCUT2D eigenvalue weighted by atomic mass is 10.2.